The number of halogens is 2. The highest BCUT2D eigenvalue weighted by molar-refractivity contribution is 9.10. The van der Waals surface area contributed by atoms with E-state index < -0.39 is 11.7 Å². The molecule has 1 aliphatic heterocycles. The van der Waals surface area contributed by atoms with Crippen LogP contribution in [0, 0.1) is 5.82 Å². The van der Waals surface area contributed by atoms with Gasteiger partial charge in [0, 0.05) is 33.5 Å². The molecule has 0 radical (unpaired) electrons. The molecule has 0 atom stereocenters. The molecule has 140 valence electrons. The van der Waals surface area contributed by atoms with Crippen molar-refractivity contribution in [3.05, 3.63) is 93.7 Å². The van der Waals surface area contributed by atoms with Gasteiger partial charge in [0.05, 0.1) is 0 Å². The number of carbonyl (C=O) groups is 2. The van der Waals surface area contributed by atoms with Crippen molar-refractivity contribution in [3.63, 3.8) is 0 Å². The summed E-state index contributed by atoms with van der Waals surface area (Å²) < 4.78 is 14.0. The second-order valence-electron chi connectivity index (χ2n) is 6.53. The summed E-state index contributed by atoms with van der Waals surface area (Å²) in [6.07, 6.45) is 0.846. The standard InChI is InChI=1S/C22H16BrFN2O2/c23-17-11-16(12-18(24)13-17)21(27)25-19-7-5-15(6-8-19)22(28)26-10-9-14-3-1-2-4-20(14)26/h1-8,11-13H,9-10H2,(H,25,27). The highest BCUT2D eigenvalue weighted by atomic mass is 79.9. The zero-order chi connectivity index (χ0) is 19.7. The minimum absolute atomic E-state index is 0.0723. The maximum Gasteiger partial charge on any atom is 0.258 e. The molecule has 1 N–H and O–H groups in total. The van der Waals surface area contributed by atoms with Gasteiger partial charge in [0.15, 0.2) is 0 Å². The number of carbonyl (C=O) groups excluding carboxylic acids is 2. The van der Waals surface area contributed by atoms with E-state index in [1.54, 1.807) is 35.2 Å². The third-order valence-corrected chi connectivity index (χ3v) is 5.10. The summed E-state index contributed by atoms with van der Waals surface area (Å²) in [7, 11) is 0. The Balaban J connectivity index is 1.48. The van der Waals surface area contributed by atoms with Crippen molar-refractivity contribution < 1.29 is 14.0 Å². The van der Waals surface area contributed by atoms with E-state index in [1.807, 2.05) is 24.3 Å². The van der Waals surface area contributed by atoms with Gasteiger partial charge in [-0.25, -0.2) is 4.39 Å². The number of hydrogen-bond acceptors (Lipinski definition) is 2. The monoisotopic (exact) mass is 438 g/mol. The van der Waals surface area contributed by atoms with Gasteiger partial charge in [-0.15, -0.1) is 0 Å². The number of amides is 2. The molecular weight excluding hydrogens is 423 g/mol. The summed E-state index contributed by atoms with van der Waals surface area (Å²) in [5.41, 5.74) is 3.40. The number of hydrogen-bond donors (Lipinski definition) is 1. The first kappa shape index (κ1) is 18.4. The van der Waals surface area contributed by atoms with Crippen LogP contribution in [0.2, 0.25) is 0 Å². The Morgan fingerprint density at radius 3 is 2.46 bits per heavy atom. The molecule has 0 saturated carbocycles. The number of fused-ring (bicyclic) bond motifs is 1. The Labute approximate surface area is 170 Å². The van der Waals surface area contributed by atoms with Crippen molar-refractivity contribution in [2.45, 2.75) is 6.42 Å². The molecule has 0 spiro atoms. The Bertz CT molecular complexity index is 1050. The SMILES string of the molecule is O=C(Nc1ccc(C(=O)N2CCc3ccccc32)cc1)c1cc(F)cc(Br)c1. The third-order valence-electron chi connectivity index (χ3n) is 4.65. The van der Waals surface area contributed by atoms with E-state index in [0.717, 1.165) is 12.1 Å². The Kier molecular flexibility index (Phi) is 4.96. The number of para-hydroxylation sites is 1. The van der Waals surface area contributed by atoms with E-state index in [2.05, 4.69) is 21.2 Å². The van der Waals surface area contributed by atoms with Crippen LogP contribution >= 0.6 is 15.9 Å². The van der Waals surface area contributed by atoms with Crippen molar-refractivity contribution in [3.8, 4) is 0 Å². The van der Waals surface area contributed by atoms with Crippen molar-refractivity contribution >= 4 is 39.1 Å². The van der Waals surface area contributed by atoms with Crippen molar-refractivity contribution in [1.29, 1.82) is 0 Å². The molecule has 3 aromatic carbocycles. The molecule has 0 bridgehead atoms. The summed E-state index contributed by atoms with van der Waals surface area (Å²) in [4.78, 5) is 26.9. The van der Waals surface area contributed by atoms with Gasteiger partial charge in [-0.3, -0.25) is 9.59 Å². The Hall–Kier alpha value is -2.99. The molecule has 0 aliphatic carbocycles. The van der Waals surface area contributed by atoms with E-state index >= 15 is 0 Å². The number of benzene rings is 3. The van der Waals surface area contributed by atoms with Crippen molar-refractivity contribution in [1.82, 2.24) is 0 Å². The zero-order valence-corrected chi connectivity index (χ0v) is 16.4. The minimum atomic E-state index is -0.494. The quantitative estimate of drug-likeness (QED) is 0.622. The topological polar surface area (TPSA) is 49.4 Å². The van der Waals surface area contributed by atoms with Gasteiger partial charge in [0.25, 0.3) is 11.8 Å². The van der Waals surface area contributed by atoms with E-state index in [0.29, 0.717) is 22.3 Å². The van der Waals surface area contributed by atoms with Crippen LogP contribution in [0.25, 0.3) is 0 Å². The molecule has 4 rings (SSSR count). The summed E-state index contributed by atoms with van der Waals surface area (Å²) in [6.45, 7) is 0.658. The molecule has 6 heteroatoms. The second-order valence-corrected chi connectivity index (χ2v) is 7.44. The van der Waals surface area contributed by atoms with Gasteiger partial charge >= 0.3 is 0 Å². The number of nitrogens with one attached hydrogen (secondary N) is 1. The Morgan fingerprint density at radius 1 is 0.964 bits per heavy atom. The van der Waals surface area contributed by atoms with Crippen LogP contribution in [-0.4, -0.2) is 18.4 Å². The molecule has 1 heterocycles. The first-order chi connectivity index (χ1) is 13.5. The molecule has 2 amide bonds. The molecule has 4 nitrogen and oxygen atoms in total. The van der Waals surface area contributed by atoms with Crippen LogP contribution in [-0.2, 0) is 6.42 Å². The minimum Gasteiger partial charge on any atom is -0.322 e. The van der Waals surface area contributed by atoms with E-state index in [1.165, 1.54) is 17.7 Å². The van der Waals surface area contributed by atoms with Gasteiger partial charge in [-0.05, 0) is 60.5 Å². The van der Waals surface area contributed by atoms with E-state index in [4.69, 9.17) is 0 Å². The molecule has 0 saturated heterocycles. The molecule has 0 fully saturated rings. The number of rotatable bonds is 3. The number of anilines is 2. The lowest BCUT2D eigenvalue weighted by Gasteiger charge is -2.17. The lowest BCUT2D eigenvalue weighted by molar-refractivity contribution is 0.0988. The predicted molar refractivity (Wildman–Crippen MR) is 110 cm³/mol. The van der Waals surface area contributed by atoms with Crippen LogP contribution in [0.4, 0.5) is 15.8 Å². The van der Waals surface area contributed by atoms with Crippen molar-refractivity contribution in [2.75, 3.05) is 16.8 Å². The number of nitrogens with zero attached hydrogens (tertiary/aromatic N) is 1. The first-order valence-corrected chi connectivity index (χ1v) is 9.58. The molecular formula is C22H16BrFN2O2. The zero-order valence-electron chi connectivity index (χ0n) is 14.8. The molecule has 0 aromatic heterocycles. The molecule has 1 aliphatic rings. The maximum absolute atomic E-state index is 13.5. The summed E-state index contributed by atoms with van der Waals surface area (Å²) >= 11 is 3.17. The molecule has 0 unspecified atom stereocenters. The van der Waals surface area contributed by atoms with Crippen LogP contribution in [0.15, 0.2) is 71.2 Å². The summed E-state index contributed by atoms with van der Waals surface area (Å²) in [5, 5.41) is 2.71. The third kappa shape index (κ3) is 3.68. The van der Waals surface area contributed by atoms with Gasteiger partial charge in [-0.2, -0.15) is 0 Å². The van der Waals surface area contributed by atoms with Crippen LogP contribution in [0.1, 0.15) is 26.3 Å². The van der Waals surface area contributed by atoms with Gasteiger partial charge in [0.1, 0.15) is 5.82 Å². The van der Waals surface area contributed by atoms with Crippen LogP contribution in [0.3, 0.4) is 0 Å². The second kappa shape index (κ2) is 7.56. The fourth-order valence-corrected chi connectivity index (χ4v) is 3.75. The predicted octanol–water partition coefficient (Wildman–Crippen LogP) is 5.04. The smallest absolute Gasteiger partial charge is 0.258 e. The fourth-order valence-electron chi connectivity index (χ4n) is 3.29. The van der Waals surface area contributed by atoms with Gasteiger partial charge in [-0.1, -0.05) is 34.1 Å². The normalized spacial score (nSPS) is 12.6. The first-order valence-electron chi connectivity index (χ1n) is 8.78. The van der Waals surface area contributed by atoms with Gasteiger partial charge < -0.3 is 10.2 Å². The van der Waals surface area contributed by atoms with E-state index in [-0.39, 0.29) is 11.5 Å². The average Bonchev–Trinajstić information content (AvgIpc) is 3.11. The van der Waals surface area contributed by atoms with Crippen molar-refractivity contribution in [2.24, 2.45) is 0 Å². The molecule has 28 heavy (non-hydrogen) atoms. The summed E-state index contributed by atoms with van der Waals surface area (Å²) in [6, 6.07) is 18.6. The lowest BCUT2D eigenvalue weighted by atomic mass is 10.1. The Morgan fingerprint density at radius 2 is 1.71 bits per heavy atom. The average molecular weight is 439 g/mol. The van der Waals surface area contributed by atoms with E-state index in [9.17, 15) is 14.0 Å². The highest BCUT2D eigenvalue weighted by Crippen LogP contribution is 2.29. The molecule has 3 aromatic rings. The fraction of sp³-hybridized carbons (Fsp3) is 0.0909. The van der Waals surface area contributed by atoms with Gasteiger partial charge in [0.2, 0.25) is 0 Å². The maximum atomic E-state index is 13.5. The summed E-state index contributed by atoms with van der Waals surface area (Å²) in [5.74, 6) is -0.990. The lowest BCUT2D eigenvalue weighted by Crippen LogP contribution is -2.28. The highest BCUT2D eigenvalue weighted by Gasteiger charge is 2.25. The van der Waals surface area contributed by atoms with Crippen LogP contribution < -0.4 is 10.2 Å². The van der Waals surface area contributed by atoms with Crippen LogP contribution in [0.5, 0.6) is 0 Å². The largest absolute Gasteiger partial charge is 0.322 e.